The lowest BCUT2D eigenvalue weighted by atomic mass is 10.1. The van der Waals surface area contributed by atoms with Gasteiger partial charge in [0.05, 0.1) is 12.8 Å². The maximum atomic E-state index is 12.7. The molecular formula is C22H23ClN2O3. The molecule has 0 spiro atoms. The van der Waals surface area contributed by atoms with E-state index >= 15 is 0 Å². The summed E-state index contributed by atoms with van der Waals surface area (Å²) in [6, 6.07) is 13.1. The van der Waals surface area contributed by atoms with Gasteiger partial charge >= 0.3 is 0 Å². The summed E-state index contributed by atoms with van der Waals surface area (Å²) in [7, 11) is 1.59. The van der Waals surface area contributed by atoms with Crippen LogP contribution in [-0.2, 0) is 9.59 Å². The highest BCUT2D eigenvalue weighted by Gasteiger charge is 2.44. The molecule has 0 bridgehead atoms. The first-order valence-electron chi connectivity index (χ1n) is 9.62. The van der Waals surface area contributed by atoms with Gasteiger partial charge in [0.2, 0.25) is 11.8 Å². The molecule has 2 aliphatic rings. The van der Waals surface area contributed by atoms with E-state index in [0.717, 1.165) is 24.8 Å². The Morgan fingerprint density at radius 1 is 1.21 bits per heavy atom. The van der Waals surface area contributed by atoms with Gasteiger partial charge in [0, 0.05) is 29.6 Å². The van der Waals surface area contributed by atoms with E-state index < -0.39 is 0 Å². The zero-order valence-corrected chi connectivity index (χ0v) is 16.5. The van der Waals surface area contributed by atoms with Crippen molar-refractivity contribution in [1.82, 2.24) is 0 Å². The number of carbonyl (C=O) groups is 2. The summed E-state index contributed by atoms with van der Waals surface area (Å²) >= 11 is 6.26. The van der Waals surface area contributed by atoms with Gasteiger partial charge in [-0.05, 0) is 55.0 Å². The SMILES string of the molecule is COc1ccc(NC(=O)C2CC2c2ccccc2Cl)cc1N1CCCCC1=O. The number of halogens is 1. The first kappa shape index (κ1) is 18.8. The van der Waals surface area contributed by atoms with Crippen LogP contribution in [0.4, 0.5) is 11.4 Å². The van der Waals surface area contributed by atoms with Crippen molar-refractivity contribution in [3.05, 3.63) is 53.1 Å². The number of rotatable bonds is 5. The Kier molecular flexibility index (Phi) is 5.27. The molecule has 0 aromatic heterocycles. The van der Waals surface area contributed by atoms with Crippen molar-refractivity contribution >= 4 is 34.8 Å². The van der Waals surface area contributed by atoms with E-state index in [1.54, 1.807) is 18.1 Å². The fourth-order valence-corrected chi connectivity index (χ4v) is 4.15. The minimum atomic E-state index is -0.0814. The number of nitrogens with zero attached hydrogens (tertiary/aromatic N) is 1. The lowest BCUT2D eigenvalue weighted by Gasteiger charge is -2.28. The lowest BCUT2D eigenvalue weighted by Crippen LogP contribution is -2.35. The summed E-state index contributed by atoms with van der Waals surface area (Å²) in [6.45, 7) is 0.670. The molecule has 5 nitrogen and oxygen atoms in total. The maximum absolute atomic E-state index is 12.7. The van der Waals surface area contributed by atoms with Crippen LogP contribution in [0.15, 0.2) is 42.5 Å². The molecular weight excluding hydrogens is 376 g/mol. The molecule has 6 heteroatoms. The summed E-state index contributed by atoms with van der Waals surface area (Å²) in [6.07, 6.45) is 3.22. The van der Waals surface area contributed by atoms with Crippen LogP contribution in [0.5, 0.6) is 5.75 Å². The van der Waals surface area contributed by atoms with Gasteiger partial charge in [0.15, 0.2) is 0 Å². The molecule has 2 atom stereocenters. The summed E-state index contributed by atoms with van der Waals surface area (Å²) in [5, 5.41) is 3.70. The number of nitrogens with one attached hydrogen (secondary N) is 1. The number of carbonyl (C=O) groups excluding carboxylic acids is 2. The second kappa shape index (κ2) is 7.84. The zero-order chi connectivity index (χ0) is 19.7. The molecule has 4 rings (SSSR count). The molecule has 146 valence electrons. The van der Waals surface area contributed by atoms with E-state index in [1.807, 2.05) is 36.4 Å². The minimum Gasteiger partial charge on any atom is -0.495 e. The Bertz CT molecular complexity index is 914. The molecule has 2 amide bonds. The van der Waals surface area contributed by atoms with Crippen molar-refractivity contribution in [3.63, 3.8) is 0 Å². The first-order valence-corrected chi connectivity index (χ1v) is 10.00. The fraction of sp³-hybridized carbons (Fsp3) is 0.364. The van der Waals surface area contributed by atoms with Gasteiger partial charge in [-0.1, -0.05) is 29.8 Å². The van der Waals surface area contributed by atoms with Crippen LogP contribution in [-0.4, -0.2) is 25.5 Å². The average Bonchev–Trinajstić information content (AvgIpc) is 3.49. The van der Waals surface area contributed by atoms with Gasteiger partial charge in [-0.2, -0.15) is 0 Å². The van der Waals surface area contributed by atoms with Crippen molar-refractivity contribution in [3.8, 4) is 5.75 Å². The number of hydrogen-bond acceptors (Lipinski definition) is 3. The van der Waals surface area contributed by atoms with Crippen molar-refractivity contribution in [1.29, 1.82) is 0 Å². The number of methoxy groups -OCH3 is 1. The molecule has 28 heavy (non-hydrogen) atoms. The van der Waals surface area contributed by atoms with E-state index in [1.165, 1.54) is 0 Å². The van der Waals surface area contributed by atoms with E-state index in [0.29, 0.717) is 35.1 Å². The van der Waals surface area contributed by atoms with Crippen LogP contribution in [0.3, 0.4) is 0 Å². The van der Waals surface area contributed by atoms with Crippen LogP contribution in [0.25, 0.3) is 0 Å². The Morgan fingerprint density at radius 3 is 2.79 bits per heavy atom. The monoisotopic (exact) mass is 398 g/mol. The molecule has 1 saturated heterocycles. The van der Waals surface area contributed by atoms with Crippen molar-refractivity contribution in [2.24, 2.45) is 5.92 Å². The van der Waals surface area contributed by atoms with Crippen molar-refractivity contribution in [2.45, 2.75) is 31.6 Å². The van der Waals surface area contributed by atoms with Gasteiger partial charge in [0.1, 0.15) is 5.75 Å². The number of anilines is 2. The normalized spacial score (nSPS) is 21.4. The largest absolute Gasteiger partial charge is 0.495 e. The lowest BCUT2D eigenvalue weighted by molar-refractivity contribution is -0.119. The Morgan fingerprint density at radius 2 is 2.04 bits per heavy atom. The number of piperidine rings is 1. The third-order valence-electron chi connectivity index (χ3n) is 5.49. The smallest absolute Gasteiger partial charge is 0.228 e. The molecule has 1 aliphatic carbocycles. The molecule has 1 heterocycles. The highest BCUT2D eigenvalue weighted by molar-refractivity contribution is 6.31. The van der Waals surface area contributed by atoms with E-state index in [-0.39, 0.29) is 23.7 Å². The molecule has 1 saturated carbocycles. The van der Waals surface area contributed by atoms with E-state index in [9.17, 15) is 9.59 Å². The van der Waals surface area contributed by atoms with Crippen LogP contribution in [0.2, 0.25) is 5.02 Å². The van der Waals surface area contributed by atoms with Crippen LogP contribution in [0.1, 0.15) is 37.2 Å². The Labute approximate surface area is 169 Å². The van der Waals surface area contributed by atoms with E-state index in [4.69, 9.17) is 16.3 Å². The van der Waals surface area contributed by atoms with Crippen molar-refractivity contribution < 1.29 is 14.3 Å². The molecule has 2 aromatic carbocycles. The third kappa shape index (κ3) is 3.72. The predicted molar refractivity (Wildman–Crippen MR) is 110 cm³/mol. The molecule has 1 N–H and O–H groups in total. The number of hydrogen-bond donors (Lipinski definition) is 1. The Balaban J connectivity index is 1.49. The molecule has 2 unspecified atom stereocenters. The Hall–Kier alpha value is -2.53. The highest BCUT2D eigenvalue weighted by Crippen LogP contribution is 2.50. The van der Waals surface area contributed by atoms with Gasteiger partial charge in [-0.25, -0.2) is 0 Å². The summed E-state index contributed by atoms with van der Waals surface area (Å²) in [5.41, 5.74) is 2.41. The number of benzene rings is 2. The maximum Gasteiger partial charge on any atom is 0.228 e. The second-order valence-electron chi connectivity index (χ2n) is 7.35. The summed E-state index contributed by atoms with van der Waals surface area (Å²) in [5.74, 6) is 0.783. The van der Waals surface area contributed by atoms with Gasteiger partial charge in [-0.15, -0.1) is 0 Å². The topological polar surface area (TPSA) is 58.6 Å². The standard InChI is InChI=1S/C22H23ClN2O3/c1-28-20-10-9-14(12-19(20)25-11-5-4-8-21(25)26)24-22(27)17-13-16(17)15-6-2-3-7-18(15)23/h2-3,6-7,9-10,12,16-17H,4-5,8,11,13H2,1H3,(H,24,27). The molecule has 0 radical (unpaired) electrons. The first-order chi connectivity index (χ1) is 13.6. The molecule has 1 aliphatic heterocycles. The van der Waals surface area contributed by atoms with Crippen LogP contribution < -0.4 is 15.0 Å². The highest BCUT2D eigenvalue weighted by atomic mass is 35.5. The quantitative estimate of drug-likeness (QED) is 0.800. The van der Waals surface area contributed by atoms with Gasteiger partial charge in [0.25, 0.3) is 0 Å². The molecule has 2 fully saturated rings. The van der Waals surface area contributed by atoms with Crippen molar-refractivity contribution in [2.75, 3.05) is 23.9 Å². The second-order valence-corrected chi connectivity index (χ2v) is 7.76. The third-order valence-corrected chi connectivity index (χ3v) is 5.84. The van der Waals surface area contributed by atoms with Crippen LogP contribution in [0, 0.1) is 5.92 Å². The zero-order valence-electron chi connectivity index (χ0n) is 15.8. The predicted octanol–water partition coefficient (Wildman–Crippen LogP) is 4.61. The fourth-order valence-electron chi connectivity index (χ4n) is 3.88. The average molecular weight is 399 g/mol. The molecule has 2 aromatic rings. The van der Waals surface area contributed by atoms with Gasteiger partial charge < -0.3 is 15.0 Å². The van der Waals surface area contributed by atoms with Gasteiger partial charge in [-0.3, -0.25) is 9.59 Å². The number of ether oxygens (including phenoxy) is 1. The summed E-state index contributed by atoms with van der Waals surface area (Å²) < 4.78 is 5.43. The van der Waals surface area contributed by atoms with E-state index in [2.05, 4.69) is 5.32 Å². The minimum absolute atomic E-state index is 0.0222. The van der Waals surface area contributed by atoms with Crippen LogP contribution >= 0.6 is 11.6 Å². The summed E-state index contributed by atoms with van der Waals surface area (Å²) in [4.78, 5) is 26.8. The number of amides is 2.